The van der Waals surface area contributed by atoms with Gasteiger partial charge in [-0.3, -0.25) is 4.79 Å². The zero-order valence-electron chi connectivity index (χ0n) is 9.13. The van der Waals surface area contributed by atoms with Crippen molar-refractivity contribution in [3.8, 4) is 0 Å². The van der Waals surface area contributed by atoms with E-state index in [1.807, 2.05) is 5.32 Å². The van der Waals surface area contributed by atoms with Gasteiger partial charge in [0.05, 0.1) is 0 Å². The fourth-order valence-electron chi connectivity index (χ4n) is 1.97. The Labute approximate surface area is 96.2 Å². The van der Waals surface area contributed by atoms with E-state index in [9.17, 15) is 22.4 Å². The van der Waals surface area contributed by atoms with Crippen LogP contribution < -0.4 is 5.32 Å². The lowest BCUT2D eigenvalue weighted by atomic mass is 9.86. The second-order valence-electron chi connectivity index (χ2n) is 4.31. The molecule has 0 aromatic carbocycles. The zero-order chi connectivity index (χ0) is 13.1. The molecule has 0 heterocycles. The minimum absolute atomic E-state index is 0.0609. The number of aliphatic hydroxyl groups is 1. The van der Waals surface area contributed by atoms with Crippen molar-refractivity contribution in [1.29, 1.82) is 0 Å². The Hall–Kier alpha value is -0.850. The van der Waals surface area contributed by atoms with Gasteiger partial charge < -0.3 is 10.4 Å². The van der Waals surface area contributed by atoms with Crippen LogP contribution in [0.25, 0.3) is 0 Å². The number of hydrogen-bond donors (Lipinski definition) is 2. The van der Waals surface area contributed by atoms with Crippen LogP contribution in [0.4, 0.5) is 17.6 Å². The Morgan fingerprint density at radius 1 is 1.41 bits per heavy atom. The lowest BCUT2D eigenvalue weighted by Crippen LogP contribution is -2.50. The Bertz CT molecular complexity index is 273. The van der Waals surface area contributed by atoms with Crippen LogP contribution in [0.3, 0.4) is 0 Å². The van der Waals surface area contributed by atoms with Crippen LogP contribution in [-0.2, 0) is 4.79 Å². The van der Waals surface area contributed by atoms with Crippen LogP contribution in [0.2, 0.25) is 0 Å². The molecular formula is C10H15F4NO2. The van der Waals surface area contributed by atoms with Crippen LogP contribution in [0.15, 0.2) is 0 Å². The summed E-state index contributed by atoms with van der Waals surface area (Å²) in [5.74, 6) is -6.64. The van der Waals surface area contributed by atoms with Gasteiger partial charge in [0.1, 0.15) is 0 Å². The fraction of sp³-hybridized carbons (Fsp3) is 0.900. The Morgan fingerprint density at radius 3 is 2.59 bits per heavy atom. The molecule has 2 N–H and O–H groups in total. The van der Waals surface area contributed by atoms with Crippen LogP contribution in [0.5, 0.6) is 0 Å². The minimum Gasteiger partial charge on any atom is -0.396 e. The van der Waals surface area contributed by atoms with Crippen LogP contribution in [-0.4, -0.2) is 36.0 Å². The van der Waals surface area contributed by atoms with Crippen LogP contribution in [0, 0.1) is 5.92 Å². The fourth-order valence-corrected chi connectivity index (χ4v) is 1.97. The van der Waals surface area contributed by atoms with Gasteiger partial charge in [-0.15, -0.1) is 0 Å². The molecule has 100 valence electrons. The summed E-state index contributed by atoms with van der Waals surface area (Å²) in [5.41, 5.74) is 0. The third-order valence-electron chi connectivity index (χ3n) is 2.95. The smallest absolute Gasteiger partial charge is 0.383 e. The van der Waals surface area contributed by atoms with E-state index in [0.717, 1.165) is 6.42 Å². The molecule has 0 saturated heterocycles. The van der Waals surface area contributed by atoms with E-state index >= 15 is 0 Å². The highest BCUT2D eigenvalue weighted by molar-refractivity contribution is 5.84. The quantitative estimate of drug-likeness (QED) is 0.751. The molecule has 2 atom stereocenters. The van der Waals surface area contributed by atoms with Crippen molar-refractivity contribution in [3.63, 3.8) is 0 Å². The van der Waals surface area contributed by atoms with E-state index in [2.05, 4.69) is 0 Å². The van der Waals surface area contributed by atoms with Gasteiger partial charge >= 0.3 is 12.3 Å². The minimum atomic E-state index is -4.65. The summed E-state index contributed by atoms with van der Waals surface area (Å²) < 4.78 is 49.1. The summed E-state index contributed by atoms with van der Waals surface area (Å²) in [6.07, 6.45) is -1.74. The lowest BCUT2D eigenvalue weighted by Gasteiger charge is -2.29. The summed E-state index contributed by atoms with van der Waals surface area (Å²) in [7, 11) is 0. The molecule has 0 radical (unpaired) electrons. The molecule has 7 heteroatoms. The molecule has 0 aromatic rings. The summed E-state index contributed by atoms with van der Waals surface area (Å²) >= 11 is 0. The van der Waals surface area contributed by atoms with Gasteiger partial charge in [0.15, 0.2) is 0 Å². The first-order valence-electron chi connectivity index (χ1n) is 5.45. The number of hydrogen-bond acceptors (Lipinski definition) is 2. The van der Waals surface area contributed by atoms with Crippen molar-refractivity contribution in [2.75, 3.05) is 6.61 Å². The number of halogens is 4. The molecule has 1 aliphatic rings. The normalized spacial score (nSPS) is 26.0. The van der Waals surface area contributed by atoms with Gasteiger partial charge in [-0.1, -0.05) is 6.42 Å². The van der Waals surface area contributed by atoms with E-state index in [0.29, 0.717) is 19.3 Å². The number of carbonyl (C=O) groups excluding carboxylic acids is 1. The van der Waals surface area contributed by atoms with E-state index in [-0.39, 0.29) is 12.5 Å². The third kappa shape index (κ3) is 3.55. The van der Waals surface area contributed by atoms with Gasteiger partial charge in [-0.25, -0.2) is 8.78 Å². The first-order valence-corrected chi connectivity index (χ1v) is 5.45. The van der Waals surface area contributed by atoms with Crippen LogP contribution in [0.1, 0.15) is 25.7 Å². The summed E-state index contributed by atoms with van der Waals surface area (Å²) in [5, 5.41) is 10.8. The number of nitrogens with one attached hydrogen (secondary N) is 1. The Balaban J connectivity index is 2.51. The van der Waals surface area contributed by atoms with Crippen molar-refractivity contribution in [1.82, 2.24) is 5.32 Å². The molecule has 17 heavy (non-hydrogen) atoms. The van der Waals surface area contributed by atoms with E-state index in [1.165, 1.54) is 0 Å². The first-order chi connectivity index (χ1) is 7.87. The Kier molecular flexibility index (Phi) is 4.73. The number of rotatable bonds is 4. The average Bonchev–Trinajstić information content (AvgIpc) is 2.29. The zero-order valence-corrected chi connectivity index (χ0v) is 9.13. The number of aliphatic hydroxyl groups excluding tert-OH is 1. The van der Waals surface area contributed by atoms with Crippen molar-refractivity contribution in [3.05, 3.63) is 0 Å². The van der Waals surface area contributed by atoms with Gasteiger partial charge in [0, 0.05) is 12.6 Å². The predicted octanol–water partition coefficient (Wildman–Crippen LogP) is 1.55. The number of amides is 1. The molecule has 1 aliphatic carbocycles. The highest BCUT2D eigenvalue weighted by Crippen LogP contribution is 2.27. The molecule has 3 nitrogen and oxygen atoms in total. The molecular weight excluding hydrogens is 242 g/mol. The van der Waals surface area contributed by atoms with Gasteiger partial charge in [-0.05, 0) is 25.2 Å². The topological polar surface area (TPSA) is 49.3 Å². The molecule has 2 unspecified atom stereocenters. The third-order valence-corrected chi connectivity index (χ3v) is 2.95. The van der Waals surface area contributed by atoms with Crippen LogP contribution >= 0.6 is 0 Å². The molecule has 0 spiro atoms. The molecule has 1 rings (SSSR count). The van der Waals surface area contributed by atoms with Gasteiger partial charge in [0.2, 0.25) is 0 Å². The second kappa shape index (κ2) is 5.66. The van der Waals surface area contributed by atoms with Gasteiger partial charge in [0.25, 0.3) is 5.91 Å². The maximum Gasteiger partial charge on any atom is 0.383 e. The van der Waals surface area contributed by atoms with Crippen molar-refractivity contribution >= 4 is 5.91 Å². The molecule has 0 bridgehead atoms. The standard InChI is InChI=1S/C10H15F4NO2/c11-8(12)10(13,14)9(17)15-7-3-1-2-6(4-7)5-16/h6-8,16H,1-5H2,(H,15,17). The summed E-state index contributed by atoms with van der Waals surface area (Å²) in [4.78, 5) is 11.0. The molecule has 1 amide bonds. The van der Waals surface area contributed by atoms with Gasteiger partial charge in [-0.2, -0.15) is 8.78 Å². The highest BCUT2D eigenvalue weighted by atomic mass is 19.3. The first kappa shape index (κ1) is 14.2. The van der Waals surface area contributed by atoms with Crippen molar-refractivity contribution in [2.45, 2.75) is 44.1 Å². The molecule has 1 fully saturated rings. The Morgan fingerprint density at radius 2 is 2.06 bits per heavy atom. The number of carbonyl (C=O) groups is 1. The maximum atomic E-state index is 12.7. The largest absolute Gasteiger partial charge is 0.396 e. The predicted molar refractivity (Wildman–Crippen MR) is 51.9 cm³/mol. The maximum absolute atomic E-state index is 12.7. The summed E-state index contributed by atoms with van der Waals surface area (Å²) in [6.45, 7) is -0.0857. The second-order valence-corrected chi connectivity index (χ2v) is 4.31. The molecule has 0 aromatic heterocycles. The number of alkyl halides is 4. The summed E-state index contributed by atoms with van der Waals surface area (Å²) in [6, 6.07) is -0.557. The van der Waals surface area contributed by atoms with E-state index in [1.54, 1.807) is 0 Å². The van der Waals surface area contributed by atoms with Crippen molar-refractivity contribution in [2.24, 2.45) is 5.92 Å². The SMILES string of the molecule is O=C(NC1CCCC(CO)C1)C(F)(F)C(F)F. The average molecular weight is 257 g/mol. The van der Waals surface area contributed by atoms with E-state index < -0.39 is 24.3 Å². The van der Waals surface area contributed by atoms with E-state index in [4.69, 9.17) is 5.11 Å². The van der Waals surface area contributed by atoms with Crippen molar-refractivity contribution < 1.29 is 27.5 Å². The molecule has 0 aliphatic heterocycles. The molecule has 1 saturated carbocycles. The monoisotopic (exact) mass is 257 g/mol. The lowest BCUT2D eigenvalue weighted by molar-refractivity contribution is -0.170. The highest BCUT2D eigenvalue weighted by Gasteiger charge is 2.49.